The first-order valence-electron chi connectivity index (χ1n) is 10.9. The number of sulfonamides is 1. The van der Waals surface area contributed by atoms with Gasteiger partial charge in [-0.15, -0.1) is 0 Å². The molecule has 7 heteroatoms. The van der Waals surface area contributed by atoms with E-state index < -0.39 is 10.0 Å². The predicted molar refractivity (Wildman–Crippen MR) is 117 cm³/mol. The van der Waals surface area contributed by atoms with Crippen LogP contribution in [0, 0.1) is 23.7 Å². The molecule has 1 saturated heterocycles. The summed E-state index contributed by atoms with van der Waals surface area (Å²) in [6.45, 7) is 9.38. The number of allylic oxidation sites excluding steroid dienone is 1. The minimum atomic E-state index is -3.53. The van der Waals surface area contributed by atoms with Crippen molar-refractivity contribution in [3.05, 3.63) is 42.0 Å². The lowest BCUT2D eigenvalue weighted by Gasteiger charge is -2.38. The molecule has 0 aromatic heterocycles. The molecule has 6 nitrogen and oxygen atoms in total. The Kier molecular flexibility index (Phi) is 7.71. The molecule has 1 N–H and O–H groups in total. The summed E-state index contributed by atoms with van der Waals surface area (Å²) in [5.74, 6) is 1.27. The summed E-state index contributed by atoms with van der Waals surface area (Å²) in [5, 5.41) is 0. The first-order valence-corrected chi connectivity index (χ1v) is 12.3. The maximum atomic E-state index is 12.7. The maximum absolute atomic E-state index is 12.7. The third kappa shape index (κ3) is 5.71. The van der Waals surface area contributed by atoms with Crippen LogP contribution in [0.1, 0.15) is 33.6 Å². The van der Waals surface area contributed by atoms with Gasteiger partial charge < -0.3 is 9.64 Å². The number of carbonyl (C=O) groups excluding carboxylic acids is 1. The van der Waals surface area contributed by atoms with Crippen molar-refractivity contribution in [3.63, 3.8) is 0 Å². The van der Waals surface area contributed by atoms with E-state index in [9.17, 15) is 13.2 Å². The lowest BCUT2D eigenvalue weighted by molar-refractivity contribution is -0.136. The number of hydrogen-bond acceptors (Lipinski definition) is 4. The van der Waals surface area contributed by atoms with E-state index in [2.05, 4.69) is 31.6 Å². The van der Waals surface area contributed by atoms with E-state index in [1.165, 1.54) is 5.57 Å². The Bertz CT molecular complexity index is 845. The lowest BCUT2D eigenvalue weighted by Crippen LogP contribution is -2.42. The Morgan fingerprint density at radius 3 is 2.50 bits per heavy atom. The minimum Gasteiger partial charge on any atom is -0.378 e. The van der Waals surface area contributed by atoms with Gasteiger partial charge in [-0.1, -0.05) is 43.7 Å². The number of ether oxygens (including phenoxy) is 1. The van der Waals surface area contributed by atoms with Crippen LogP contribution in [0.3, 0.4) is 0 Å². The monoisotopic (exact) mass is 434 g/mol. The van der Waals surface area contributed by atoms with Gasteiger partial charge in [-0.05, 0) is 49.1 Å². The quantitative estimate of drug-likeness (QED) is 0.669. The molecule has 0 bridgehead atoms. The second kappa shape index (κ2) is 10.1. The van der Waals surface area contributed by atoms with Gasteiger partial charge in [-0.3, -0.25) is 4.79 Å². The highest BCUT2D eigenvalue weighted by molar-refractivity contribution is 7.89. The Balaban J connectivity index is 1.67. The molecular formula is C23H34N2O4S. The topological polar surface area (TPSA) is 75.7 Å². The van der Waals surface area contributed by atoms with Crippen LogP contribution in [0.25, 0.3) is 0 Å². The molecule has 1 aliphatic carbocycles. The van der Waals surface area contributed by atoms with Gasteiger partial charge in [-0.2, -0.15) is 0 Å². The summed E-state index contributed by atoms with van der Waals surface area (Å²) in [7, 11) is -3.53. The number of amides is 1. The molecule has 3 rings (SSSR count). The van der Waals surface area contributed by atoms with E-state index >= 15 is 0 Å². The van der Waals surface area contributed by atoms with E-state index in [-0.39, 0.29) is 22.6 Å². The van der Waals surface area contributed by atoms with Crippen molar-refractivity contribution in [1.29, 1.82) is 0 Å². The molecule has 1 aliphatic heterocycles. The van der Waals surface area contributed by atoms with Gasteiger partial charge >= 0.3 is 0 Å². The Labute approximate surface area is 180 Å². The maximum Gasteiger partial charge on any atom is 0.240 e. The van der Waals surface area contributed by atoms with Crippen molar-refractivity contribution in [2.75, 3.05) is 32.8 Å². The number of carbonyl (C=O) groups is 1. The lowest BCUT2D eigenvalue weighted by atomic mass is 9.70. The highest BCUT2D eigenvalue weighted by Gasteiger charge is 2.34. The molecule has 0 spiro atoms. The molecule has 0 radical (unpaired) electrons. The average Bonchev–Trinajstić information content (AvgIpc) is 2.74. The fourth-order valence-electron chi connectivity index (χ4n) is 4.55. The first-order chi connectivity index (χ1) is 14.3. The van der Waals surface area contributed by atoms with Gasteiger partial charge in [0.1, 0.15) is 0 Å². The van der Waals surface area contributed by atoms with Crippen LogP contribution in [0.5, 0.6) is 0 Å². The van der Waals surface area contributed by atoms with Crippen LogP contribution >= 0.6 is 0 Å². The standard InChI is InChI=1S/C23H34N2O4S/c1-17(2)22-14-19(15-23(26)25-9-11-29-12-10-25)18(3)13-20(22)16-24-30(27,28)21-7-5-4-6-8-21/h4-8,13,17,19-20,22,24H,9-12,14-16H2,1-3H3/t19-,20-,22-/m0/s1. The molecule has 2 aliphatic rings. The largest absolute Gasteiger partial charge is 0.378 e. The van der Waals surface area contributed by atoms with Gasteiger partial charge in [0.25, 0.3) is 0 Å². The SMILES string of the molecule is CC1=C[C@@H](CNS(=O)(=O)c2ccccc2)[C@H](C(C)C)C[C@H]1CC(=O)N1CCOCC1. The van der Waals surface area contributed by atoms with Gasteiger partial charge in [-0.25, -0.2) is 13.1 Å². The Morgan fingerprint density at radius 2 is 1.87 bits per heavy atom. The molecule has 3 atom stereocenters. The number of benzene rings is 1. The minimum absolute atomic E-state index is 0.123. The normalized spacial score (nSPS) is 25.3. The number of nitrogens with zero attached hydrogens (tertiary/aromatic N) is 1. The smallest absolute Gasteiger partial charge is 0.240 e. The van der Waals surface area contributed by atoms with Crippen LogP contribution in [0.2, 0.25) is 0 Å². The van der Waals surface area contributed by atoms with E-state index in [1.807, 2.05) is 4.90 Å². The van der Waals surface area contributed by atoms with Crippen LogP contribution in [-0.2, 0) is 19.6 Å². The van der Waals surface area contributed by atoms with Gasteiger partial charge in [0, 0.05) is 26.1 Å². The number of hydrogen-bond donors (Lipinski definition) is 1. The zero-order valence-corrected chi connectivity index (χ0v) is 19.0. The highest BCUT2D eigenvalue weighted by Crippen LogP contribution is 2.39. The molecule has 1 heterocycles. The van der Waals surface area contributed by atoms with E-state index in [4.69, 9.17) is 4.74 Å². The molecular weight excluding hydrogens is 400 g/mol. The molecule has 166 valence electrons. The van der Waals surface area contributed by atoms with Crippen molar-refractivity contribution >= 4 is 15.9 Å². The number of rotatable bonds is 7. The summed E-state index contributed by atoms with van der Waals surface area (Å²) in [6, 6.07) is 8.48. The summed E-state index contributed by atoms with van der Waals surface area (Å²) in [4.78, 5) is 14.9. The molecule has 30 heavy (non-hydrogen) atoms. The average molecular weight is 435 g/mol. The number of morpholine rings is 1. The van der Waals surface area contributed by atoms with Crippen LogP contribution in [0.15, 0.2) is 46.9 Å². The van der Waals surface area contributed by atoms with Gasteiger partial charge in [0.15, 0.2) is 0 Å². The third-order valence-electron chi connectivity index (χ3n) is 6.43. The van der Waals surface area contributed by atoms with Crippen molar-refractivity contribution in [2.24, 2.45) is 23.7 Å². The van der Waals surface area contributed by atoms with Crippen LogP contribution < -0.4 is 4.72 Å². The van der Waals surface area contributed by atoms with Gasteiger partial charge in [0.05, 0.1) is 18.1 Å². The Morgan fingerprint density at radius 1 is 1.20 bits per heavy atom. The molecule has 0 saturated carbocycles. The molecule has 1 aromatic carbocycles. The van der Waals surface area contributed by atoms with E-state index in [1.54, 1.807) is 30.3 Å². The summed E-state index contributed by atoms with van der Waals surface area (Å²) in [6.07, 6.45) is 3.63. The first kappa shape index (κ1) is 23.0. The van der Waals surface area contributed by atoms with Crippen molar-refractivity contribution in [2.45, 2.75) is 38.5 Å². The second-order valence-corrected chi connectivity index (χ2v) is 10.5. The Hall–Kier alpha value is -1.70. The fourth-order valence-corrected chi connectivity index (χ4v) is 5.64. The number of nitrogens with one attached hydrogen (secondary N) is 1. The summed E-state index contributed by atoms with van der Waals surface area (Å²) in [5.41, 5.74) is 1.19. The highest BCUT2D eigenvalue weighted by atomic mass is 32.2. The van der Waals surface area contributed by atoms with Gasteiger partial charge in [0.2, 0.25) is 15.9 Å². The zero-order chi connectivity index (χ0) is 21.7. The third-order valence-corrected chi connectivity index (χ3v) is 7.87. The summed E-state index contributed by atoms with van der Waals surface area (Å²) >= 11 is 0. The summed E-state index contributed by atoms with van der Waals surface area (Å²) < 4.78 is 33.4. The van der Waals surface area contributed by atoms with Crippen LogP contribution in [0.4, 0.5) is 0 Å². The molecule has 1 aromatic rings. The fraction of sp³-hybridized carbons (Fsp3) is 0.609. The van der Waals surface area contributed by atoms with Crippen molar-refractivity contribution < 1.29 is 17.9 Å². The molecule has 1 fully saturated rings. The predicted octanol–water partition coefficient (Wildman–Crippen LogP) is 3.07. The van der Waals surface area contributed by atoms with E-state index in [0.29, 0.717) is 51.1 Å². The van der Waals surface area contributed by atoms with Crippen LogP contribution in [-0.4, -0.2) is 52.1 Å². The van der Waals surface area contributed by atoms with Crippen molar-refractivity contribution in [1.82, 2.24) is 9.62 Å². The zero-order valence-electron chi connectivity index (χ0n) is 18.2. The molecule has 0 unspecified atom stereocenters. The van der Waals surface area contributed by atoms with Crippen molar-refractivity contribution in [3.8, 4) is 0 Å². The second-order valence-electron chi connectivity index (χ2n) is 8.78. The van der Waals surface area contributed by atoms with E-state index in [0.717, 1.165) is 6.42 Å². The molecule has 1 amide bonds.